The molecule has 0 saturated carbocycles. The first-order chi connectivity index (χ1) is 20.4. The van der Waals surface area contributed by atoms with Gasteiger partial charge in [-0.25, -0.2) is 12.8 Å². The molecule has 2 aromatic carbocycles. The van der Waals surface area contributed by atoms with Crippen molar-refractivity contribution in [3.05, 3.63) is 107 Å². The third kappa shape index (κ3) is 5.64. The van der Waals surface area contributed by atoms with Crippen LogP contribution < -0.4 is 19.9 Å². The summed E-state index contributed by atoms with van der Waals surface area (Å²) in [5.74, 6) is -0.289. The van der Waals surface area contributed by atoms with E-state index in [2.05, 4.69) is 21.9 Å². The Labute approximate surface area is 246 Å². The van der Waals surface area contributed by atoms with Gasteiger partial charge in [-0.05, 0) is 55.5 Å². The van der Waals surface area contributed by atoms with Crippen LogP contribution in [0.25, 0.3) is 39.2 Å². The zero-order valence-corrected chi connectivity index (χ0v) is 24.5. The average molecular weight is 603 g/mol. The van der Waals surface area contributed by atoms with Crippen LogP contribution in [0.3, 0.4) is 0 Å². The lowest BCUT2D eigenvalue weighted by molar-refractivity contribution is 0.0964. The van der Waals surface area contributed by atoms with E-state index in [9.17, 15) is 22.4 Å². The molecule has 0 saturated heterocycles. The summed E-state index contributed by atoms with van der Waals surface area (Å²) in [5, 5.41) is 2.97. The number of H-pyrrole nitrogens is 1. The lowest BCUT2D eigenvalue weighted by atomic mass is 9.98. The van der Waals surface area contributed by atoms with Gasteiger partial charge in [0.15, 0.2) is 0 Å². The third-order valence-corrected chi connectivity index (χ3v) is 8.10. The first kappa shape index (κ1) is 29.3. The van der Waals surface area contributed by atoms with Crippen LogP contribution in [0.4, 0.5) is 10.1 Å². The van der Waals surface area contributed by atoms with Gasteiger partial charge >= 0.3 is 0 Å². The van der Waals surface area contributed by atoms with Gasteiger partial charge in [0.25, 0.3) is 11.5 Å². The van der Waals surface area contributed by atoms with Gasteiger partial charge in [0.1, 0.15) is 28.7 Å². The summed E-state index contributed by atoms with van der Waals surface area (Å²) in [4.78, 5) is 32.8. The minimum absolute atomic E-state index is 0.0475. The van der Waals surface area contributed by atoms with Crippen LogP contribution in [-0.4, -0.2) is 44.6 Å². The Kier molecular flexibility index (Phi) is 7.63. The van der Waals surface area contributed by atoms with Crippen molar-refractivity contribution in [3.63, 3.8) is 0 Å². The summed E-state index contributed by atoms with van der Waals surface area (Å²) in [6, 6.07) is 13.5. The van der Waals surface area contributed by atoms with E-state index in [0.717, 1.165) is 10.6 Å². The van der Waals surface area contributed by atoms with E-state index in [1.807, 2.05) is 0 Å². The van der Waals surface area contributed by atoms with E-state index in [1.165, 1.54) is 56.7 Å². The first-order valence-electron chi connectivity index (χ1n) is 12.9. The fourth-order valence-corrected chi connectivity index (χ4v) is 5.08. The Bertz CT molecular complexity index is 2070. The highest BCUT2D eigenvalue weighted by molar-refractivity contribution is 7.92. The summed E-state index contributed by atoms with van der Waals surface area (Å²) in [7, 11) is -0.924. The number of sulfonamides is 1. The number of carbonyl (C=O) groups excluding carboxylic acids is 1. The molecule has 12 heteroatoms. The predicted octanol–water partition coefficient (Wildman–Crippen LogP) is 5.10. The van der Waals surface area contributed by atoms with Gasteiger partial charge in [-0.2, -0.15) is 0 Å². The molecule has 0 radical (unpaired) electrons. The largest absolute Gasteiger partial charge is 0.455 e. The Morgan fingerprint density at radius 1 is 1.14 bits per heavy atom. The maximum absolute atomic E-state index is 13.7. The molecule has 0 atom stereocenters. The average Bonchev–Trinajstić information content (AvgIpc) is 3.35. The summed E-state index contributed by atoms with van der Waals surface area (Å²) >= 11 is 0. The van der Waals surface area contributed by atoms with Gasteiger partial charge in [-0.3, -0.25) is 18.9 Å². The Morgan fingerprint density at radius 3 is 2.51 bits per heavy atom. The molecule has 0 aliphatic heterocycles. The van der Waals surface area contributed by atoms with Crippen LogP contribution in [0, 0.1) is 12.7 Å². The van der Waals surface area contributed by atoms with Crippen molar-refractivity contribution >= 4 is 38.3 Å². The second kappa shape index (κ2) is 11.2. The monoisotopic (exact) mass is 602 g/mol. The second-order valence-electron chi connectivity index (χ2n) is 9.73. The van der Waals surface area contributed by atoms with Crippen molar-refractivity contribution in [2.45, 2.75) is 6.92 Å². The fraction of sp³-hybridized carbons (Fsp3) is 0.129. The number of nitrogens with one attached hydrogen (secondary N) is 2. The maximum Gasteiger partial charge on any atom is 0.259 e. The Morgan fingerprint density at radius 2 is 1.86 bits per heavy atom. The van der Waals surface area contributed by atoms with E-state index < -0.39 is 27.3 Å². The number of hydrogen-bond acceptors (Lipinski definition) is 7. The van der Waals surface area contributed by atoms with Gasteiger partial charge in [-0.15, -0.1) is 0 Å². The molecule has 0 fully saturated rings. The smallest absolute Gasteiger partial charge is 0.259 e. The highest BCUT2D eigenvalue weighted by atomic mass is 32.2. The quantitative estimate of drug-likeness (QED) is 0.236. The van der Waals surface area contributed by atoms with Gasteiger partial charge in [0.05, 0.1) is 28.8 Å². The zero-order valence-electron chi connectivity index (χ0n) is 23.7. The van der Waals surface area contributed by atoms with Crippen molar-refractivity contribution in [3.8, 4) is 28.2 Å². The van der Waals surface area contributed by atoms with E-state index in [1.54, 1.807) is 31.3 Å². The number of benzene rings is 2. The van der Waals surface area contributed by atoms with Gasteiger partial charge in [-0.1, -0.05) is 6.58 Å². The van der Waals surface area contributed by atoms with Crippen LogP contribution in [-0.2, 0) is 10.0 Å². The van der Waals surface area contributed by atoms with E-state index >= 15 is 0 Å². The molecular weight excluding hydrogens is 575 g/mol. The molecule has 2 N–H and O–H groups in total. The van der Waals surface area contributed by atoms with Crippen molar-refractivity contribution in [1.29, 1.82) is 0 Å². The van der Waals surface area contributed by atoms with Crippen molar-refractivity contribution in [1.82, 2.24) is 15.3 Å². The molecule has 0 aliphatic rings. The molecule has 5 aromatic rings. The molecule has 0 bridgehead atoms. The molecule has 220 valence electrons. The number of aromatic amines is 1. The minimum atomic E-state index is -3.77. The zero-order chi connectivity index (χ0) is 31.1. The number of furan rings is 1. The highest BCUT2D eigenvalue weighted by Gasteiger charge is 2.26. The summed E-state index contributed by atoms with van der Waals surface area (Å²) in [5.41, 5.74) is 2.02. The molecule has 0 spiro atoms. The standard InChI is InChI=1S/C31H27FN4O6S/c1-17-26(7-6-12-34-17)41-18(2)22-13-20(16-35-30(22)37)23-14-24-27(15-25(23)36(4)43(5,39)40)42-29(28(24)31(38)33-3)19-8-10-21(32)11-9-19/h6-16H,2H2,1,3-5H3,(H,33,38)(H,35,37). The molecule has 1 amide bonds. The summed E-state index contributed by atoms with van der Waals surface area (Å²) in [6.07, 6.45) is 4.09. The van der Waals surface area contributed by atoms with Crippen LogP contribution in [0.15, 0.2) is 82.8 Å². The number of aryl methyl sites for hydroxylation is 1. The van der Waals surface area contributed by atoms with Crippen LogP contribution in [0.5, 0.6) is 5.75 Å². The second-order valence-corrected chi connectivity index (χ2v) is 11.7. The number of rotatable bonds is 8. The lowest BCUT2D eigenvalue weighted by Gasteiger charge is -2.21. The summed E-state index contributed by atoms with van der Waals surface area (Å²) < 4.78 is 52.1. The molecule has 3 heterocycles. The number of pyridine rings is 2. The summed E-state index contributed by atoms with van der Waals surface area (Å²) in [6.45, 7) is 5.68. The number of halogens is 1. The predicted molar refractivity (Wildman–Crippen MR) is 163 cm³/mol. The third-order valence-electron chi connectivity index (χ3n) is 6.91. The fourth-order valence-electron chi connectivity index (χ4n) is 4.57. The van der Waals surface area contributed by atoms with Crippen LogP contribution in [0.2, 0.25) is 0 Å². The Balaban J connectivity index is 1.75. The lowest BCUT2D eigenvalue weighted by Crippen LogP contribution is -2.25. The number of aromatic nitrogens is 2. The van der Waals surface area contributed by atoms with Gasteiger partial charge in [0.2, 0.25) is 10.0 Å². The number of nitrogens with zero attached hydrogens (tertiary/aromatic N) is 2. The first-order valence-corrected chi connectivity index (χ1v) is 14.8. The van der Waals surface area contributed by atoms with E-state index in [-0.39, 0.29) is 33.9 Å². The van der Waals surface area contributed by atoms with Crippen molar-refractivity contribution in [2.24, 2.45) is 0 Å². The number of ether oxygens (including phenoxy) is 1. The molecule has 3 aromatic heterocycles. The highest BCUT2D eigenvalue weighted by Crippen LogP contribution is 2.41. The molecule has 43 heavy (non-hydrogen) atoms. The number of carbonyl (C=O) groups is 1. The van der Waals surface area contributed by atoms with Gasteiger partial charge in [0, 0.05) is 54.6 Å². The topological polar surface area (TPSA) is 135 Å². The van der Waals surface area contributed by atoms with Crippen molar-refractivity contribution in [2.75, 3.05) is 24.7 Å². The molecule has 5 rings (SSSR count). The maximum atomic E-state index is 13.7. The normalized spacial score (nSPS) is 11.4. The van der Waals surface area contributed by atoms with E-state index in [4.69, 9.17) is 9.15 Å². The number of fused-ring (bicyclic) bond motifs is 1. The minimum Gasteiger partial charge on any atom is -0.455 e. The van der Waals surface area contributed by atoms with E-state index in [0.29, 0.717) is 33.5 Å². The molecule has 0 unspecified atom stereocenters. The SMILES string of the molecule is C=C(Oc1cccnc1C)c1cc(-c2cc3c(C(=O)NC)c(-c4ccc(F)cc4)oc3cc2N(C)S(C)(=O)=O)c[nH]c1=O. The molecule has 0 aliphatic carbocycles. The Hall–Kier alpha value is -5.23. The van der Waals surface area contributed by atoms with Gasteiger partial charge < -0.3 is 19.5 Å². The number of anilines is 1. The molecular formula is C31H27FN4O6S. The number of hydrogen-bond donors (Lipinski definition) is 2. The molecule has 10 nitrogen and oxygen atoms in total. The van der Waals surface area contributed by atoms with Crippen LogP contribution in [0.1, 0.15) is 21.6 Å². The number of amides is 1. The van der Waals surface area contributed by atoms with Crippen LogP contribution >= 0.6 is 0 Å². The van der Waals surface area contributed by atoms with Crippen molar-refractivity contribution < 1.29 is 26.8 Å².